The topological polar surface area (TPSA) is 34.1 Å². The Morgan fingerprint density at radius 3 is 2.94 bits per heavy atom. The van der Waals surface area contributed by atoms with Gasteiger partial charge in [0.2, 0.25) is 0 Å². The Kier molecular flexibility index (Phi) is 3.03. The molecule has 1 N–H and O–H groups in total. The molecule has 0 aliphatic carbocycles. The number of fused-ring (bicyclic) bond motifs is 1. The Morgan fingerprint density at radius 1 is 1.35 bits per heavy atom. The zero-order valence-corrected chi connectivity index (χ0v) is 11.5. The minimum Gasteiger partial charge on any atom is -0.486 e. The van der Waals surface area contributed by atoms with Crippen molar-refractivity contribution in [2.75, 3.05) is 11.9 Å². The molecule has 1 aromatic carbocycles. The van der Waals surface area contributed by atoms with Crippen molar-refractivity contribution in [3.63, 3.8) is 0 Å². The van der Waals surface area contributed by atoms with Gasteiger partial charge in [-0.15, -0.1) is 11.3 Å². The minimum atomic E-state index is 0.543. The maximum atomic E-state index is 5.68. The first-order chi connectivity index (χ1) is 8.31. The number of benzene rings is 1. The predicted octanol–water partition coefficient (Wildman–Crippen LogP) is 3.45. The van der Waals surface area contributed by atoms with Gasteiger partial charge < -0.3 is 10.1 Å². The SMILES string of the molecule is Brc1ccc(OCc2nc3c(s2)CCN3)cc1. The summed E-state index contributed by atoms with van der Waals surface area (Å²) in [4.78, 5) is 5.84. The van der Waals surface area contributed by atoms with Gasteiger partial charge in [-0.3, -0.25) is 0 Å². The van der Waals surface area contributed by atoms with E-state index in [0.717, 1.165) is 34.0 Å². The summed E-state index contributed by atoms with van der Waals surface area (Å²) in [5.41, 5.74) is 0. The highest BCUT2D eigenvalue weighted by atomic mass is 79.9. The van der Waals surface area contributed by atoms with Crippen LogP contribution in [0.15, 0.2) is 28.7 Å². The highest BCUT2D eigenvalue weighted by molar-refractivity contribution is 9.10. The van der Waals surface area contributed by atoms with Gasteiger partial charge in [0.1, 0.15) is 23.2 Å². The summed E-state index contributed by atoms with van der Waals surface area (Å²) in [5.74, 6) is 1.92. The van der Waals surface area contributed by atoms with Crippen molar-refractivity contribution >= 4 is 33.1 Å². The summed E-state index contributed by atoms with van der Waals surface area (Å²) in [6.07, 6.45) is 1.09. The van der Waals surface area contributed by atoms with Crippen molar-refractivity contribution in [2.45, 2.75) is 13.0 Å². The Bertz CT molecular complexity index is 502. The van der Waals surface area contributed by atoms with Gasteiger partial charge in [-0.1, -0.05) is 15.9 Å². The molecule has 3 rings (SSSR count). The summed E-state index contributed by atoms with van der Waals surface area (Å²) in [6, 6.07) is 7.84. The molecule has 2 aromatic rings. The lowest BCUT2D eigenvalue weighted by Gasteiger charge is -2.03. The Hall–Kier alpha value is -1.07. The van der Waals surface area contributed by atoms with Crippen LogP contribution in [0.1, 0.15) is 9.88 Å². The van der Waals surface area contributed by atoms with Gasteiger partial charge in [0.25, 0.3) is 0 Å². The summed E-state index contributed by atoms with van der Waals surface area (Å²) >= 11 is 5.13. The van der Waals surface area contributed by atoms with Gasteiger partial charge in [0, 0.05) is 17.4 Å². The normalized spacial score (nSPS) is 13.2. The summed E-state index contributed by atoms with van der Waals surface area (Å²) in [5, 5.41) is 4.30. The molecule has 0 atom stereocenters. The molecule has 17 heavy (non-hydrogen) atoms. The molecule has 0 saturated heterocycles. The van der Waals surface area contributed by atoms with E-state index in [0.29, 0.717) is 6.61 Å². The van der Waals surface area contributed by atoms with E-state index in [1.807, 2.05) is 24.3 Å². The van der Waals surface area contributed by atoms with Crippen LogP contribution in [0.25, 0.3) is 0 Å². The molecule has 2 heterocycles. The number of halogens is 1. The predicted molar refractivity (Wildman–Crippen MR) is 72.8 cm³/mol. The third kappa shape index (κ3) is 2.45. The molecule has 0 spiro atoms. The fraction of sp³-hybridized carbons (Fsp3) is 0.250. The Morgan fingerprint density at radius 2 is 2.18 bits per heavy atom. The number of hydrogen-bond acceptors (Lipinski definition) is 4. The van der Waals surface area contributed by atoms with Crippen LogP contribution in [0.5, 0.6) is 5.75 Å². The molecular weight excluding hydrogens is 300 g/mol. The van der Waals surface area contributed by atoms with E-state index in [4.69, 9.17) is 4.74 Å². The molecule has 88 valence electrons. The summed E-state index contributed by atoms with van der Waals surface area (Å²) in [7, 11) is 0. The van der Waals surface area contributed by atoms with Crippen LogP contribution in [0, 0.1) is 0 Å². The highest BCUT2D eigenvalue weighted by Crippen LogP contribution is 2.28. The van der Waals surface area contributed by atoms with E-state index in [-0.39, 0.29) is 0 Å². The average molecular weight is 311 g/mol. The first-order valence-corrected chi connectivity index (χ1v) is 7.03. The number of ether oxygens (including phenoxy) is 1. The standard InChI is InChI=1S/C12H11BrN2OS/c13-8-1-3-9(4-2-8)16-7-11-15-12-10(17-11)5-6-14-12/h1-4,14H,5-7H2. The Balaban J connectivity index is 1.65. The van der Waals surface area contributed by atoms with Crippen LogP contribution in [0.4, 0.5) is 5.82 Å². The molecule has 1 aromatic heterocycles. The van der Waals surface area contributed by atoms with Crippen molar-refractivity contribution in [2.24, 2.45) is 0 Å². The van der Waals surface area contributed by atoms with E-state index < -0.39 is 0 Å². The van der Waals surface area contributed by atoms with Crippen LogP contribution in [-0.4, -0.2) is 11.5 Å². The molecule has 1 aliphatic rings. The molecule has 0 saturated carbocycles. The van der Waals surface area contributed by atoms with Crippen LogP contribution in [0.2, 0.25) is 0 Å². The van der Waals surface area contributed by atoms with Crippen molar-refractivity contribution in [1.29, 1.82) is 0 Å². The number of nitrogens with zero attached hydrogens (tertiary/aromatic N) is 1. The highest BCUT2D eigenvalue weighted by Gasteiger charge is 2.16. The van der Waals surface area contributed by atoms with Gasteiger partial charge in [0.05, 0.1) is 4.88 Å². The first-order valence-electron chi connectivity index (χ1n) is 5.42. The lowest BCUT2D eigenvalue weighted by Crippen LogP contribution is -1.97. The van der Waals surface area contributed by atoms with Crippen LogP contribution in [-0.2, 0) is 13.0 Å². The van der Waals surface area contributed by atoms with E-state index >= 15 is 0 Å². The van der Waals surface area contributed by atoms with Crippen molar-refractivity contribution in [3.05, 3.63) is 38.6 Å². The van der Waals surface area contributed by atoms with E-state index in [2.05, 4.69) is 26.2 Å². The molecule has 5 heteroatoms. The number of rotatable bonds is 3. The largest absolute Gasteiger partial charge is 0.486 e. The molecular formula is C12H11BrN2OS. The molecule has 3 nitrogen and oxygen atoms in total. The molecule has 0 fully saturated rings. The summed E-state index contributed by atoms with van der Waals surface area (Å²) < 4.78 is 6.74. The molecule has 1 aliphatic heterocycles. The fourth-order valence-corrected chi connectivity index (χ4v) is 2.96. The lowest BCUT2D eigenvalue weighted by molar-refractivity contribution is 0.305. The molecule has 0 unspecified atom stereocenters. The zero-order chi connectivity index (χ0) is 11.7. The second kappa shape index (κ2) is 4.66. The zero-order valence-electron chi connectivity index (χ0n) is 9.07. The van der Waals surface area contributed by atoms with E-state index in [1.54, 1.807) is 11.3 Å². The molecule has 0 radical (unpaired) electrons. The molecule has 0 amide bonds. The van der Waals surface area contributed by atoms with Crippen LogP contribution >= 0.6 is 27.3 Å². The van der Waals surface area contributed by atoms with Crippen molar-refractivity contribution < 1.29 is 4.74 Å². The maximum absolute atomic E-state index is 5.68. The first kappa shape index (κ1) is 11.0. The molecule has 0 bridgehead atoms. The second-order valence-corrected chi connectivity index (χ2v) is 5.88. The minimum absolute atomic E-state index is 0.543. The van der Waals surface area contributed by atoms with Gasteiger partial charge in [0.15, 0.2) is 0 Å². The number of thiazole rings is 1. The average Bonchev–Trinajstić information content (AvgIpc) is 2.88. The van der Waals surface area contributed by atoms with Crippen LogP contribution in [0.3, 0.4) is 0 Å². The maximum Gasteiger partial charge on any atom is 0.140 e. The second-order valence-electron chi connectivity index (χ2n) is 3.80. The fourth-order valence-electron chi connectivity index (χ4n) is 1.74. The van der Waals surface area contributed by atoms with Crippen LogP contribution < -0.4 is 10.1 Å². The van der Waals surface area contributed by atoms with Gasteiger partial charge in [-0.2, -0.15) is 0 Å². The number of anilines is 1. The number of hydrogen-bond donors (Lipinski definition) is 1. The lowest BCUT2D eigenvalue weighted by atomic mass is 10.3. The van der Waals surface area contributed by atoms with Gasteiger partial charge >= 0.3 is 0 Å². The van der Waals surface area contributed by atoms with Crippen molar-refractivity contribution in [3.8, 4) is 5.75 Å². The Labute approximate surface area is 112 Å². The quantitative estimate of drug-likeness (QED) is 0.943. The monoisotopic (exact) mass is 310 g/mol. The van der Waals surface area contributed by atoms with Gasteiger partial charge in [-0.05, 0) is 24.3 Å². The third-order valence-corrected chi connectivity index (χ3v) is 4.18. The number of aromatic nitrogens is 1. The third-order valence-electron chi connectivity index (χ3n) is 2.56. The van der Waals surface area contributed by atoms with E-state index in [1.165, 1.54) is 4.88 Å². The van der Waals surface area contributed by atoms with Gasteiger partial charge in [-0.25, -0.2) is 4.98 Å². The van der Waals surface area contributed by atoms with E-state index in [9.17, 15) is 0 Å². The van der Waals surface area contributed by atoms with Crippen molar-refractivity contribution in [1.82, 2.24) is 4.98 Å². The smallest absolute Gasteiger partial charge is 0.140 e. The summed E-state index contributed by atoms with van der Waals surface area (Å²) in [6.45, 7) is 1.56. The number of nitrogens with one attached hydrogen (secondary N) is 1.